The summed E-state index contributed by atoms with van der Waals surface area (Å²) in [5.74, 6) is -0.276. The molecule has 1 fully saturated rings. The van der Waals surface area contributed by atoms with Crippen molar-refractivity contribution in [1.82, 2.24) is 9.88 Å². The van der Waals surface area contributed by atoms with Crippen LogP contribution in [0.2, 0.25) is 0 Å². The minimum Gasteiger partial charge on any atom is -0.473 e. The Morgan fingerprint density at radius 1 is 1.36 bits per heavy atom. The Balaban J connectivity index is 1.58. The maximum atomic E-state index is 13.6. The van der Waals surface area contributed by atoms with E-state index in [4.69, 9.17) is 15.2 Å². The van der Waals surface area contributed by atoms with E-state index < -0.39 is 11.9 Å². The third-order valence-electron chi connectivity index (χ3n) is 4.08. The molecule has 1 aliphatic heterocycles. The van der Waals surface area contributed by atoms with Crippen molar-refractivity contribution in [2.24, 2.45) is 5.73 Å². The number of hydrogen-bond donors (Lipinski definition) is 1. The molecule has 0 unspecified atom stereocenters. The fourth-order valence-electron chi connectivity index (χ4n) is 2.68. The van der Waals surface area contributed by atoms with E-state index in [1.165, 1.54) is 6.07 Å². The van der Waals surface area contributed by atoms with Crippen LogP contribution in [0.5, 0.6) is 5.88 Å². The van der Waals surface area contributed by atoms with Crippen molar-refractivity contribution >= 4 is 5.91 Å². The van der Waals surface area contributed by atoms with Gasteiger partial charge in [-0.05, 0) is 11.6 Å². The molecule has 0 bridgehead atoms. The Morgan fingerprint density at radius 3 is 2.92 bits per heavy atom. The van der Waals surface area contributed by atoms with Crippen molar-refractivity contribution in [3.05, 3.63) is 59.5 Å². The smallest absolute Gasteiger partial charge is 0.237 e. The van der Waals surface area contributed by atoms with Gasteiger partial charge < -0.3 is 15.2 Å². The van der Waals surface area contributed by atoms with Crippen LogP contribution in [-0.4, -0.2) is 41.6 Å². The number of aromatic nitrogens is 1. The maximum Gasteiger partial charge on any atom is 0.237 e. The maximum absolute atomic E-state index is 13.6. The number of benzene rings is 1. The van der Waals surface area contributed by atoms with Crippen LogP contribution < -0.4 is 10.5 Å². The predicted octanol–water partition coefficient (Wildman–Crippen LogP) is 1.49. The molecule has 3 rings (SSSR count). The van der Waals surface area contributed by atoms with Gasteiger partial charge in [0.05, 0.1) is 13.2 Å². The molecule has 7 heteroatoms. The molecule has 0 aliphatic carbocycles. The number of nitrogens with two attached hydrogens (primary N) is 1. The third-order valence-corrected chi connectivity index (χ3v) is 4.08. The lowest BCUT2D eigenvalue weighted by Gasteiger charge is -2.33. The van der Waals surface area contributed by atoms with Crippen molar-refractivity contribution in [2.75, 3.05) is 19.8 Å². The summed E-state index contributed by atoms with van der Waals surface area (Å²) >= 11 is 0. The first-order valence-corrected chi connectivity index (χ1v) is 8.06. The highest BCUT2D eigenvalue weighted by Gasteiger charge is 2.27. The van der Waals surface area contributed by atoms with Gasteiger partial charge in [-0.2, -0.15) is 0 Å². The van der Waals surface area contributed by atoms with Crippen LogP contribution in [0.25, 0.3) is 0 Å². The van der Waals surface area contributed by atoms with Gasteiger partial charge in [-0.1, -0.05) is 24.3 Å². The van der Waals surface area contributed by atoms with E-state index in [1.54, 1.807) is 30.5 Å². The van der Waals surface area contributed by atoms with Crippen LogP contribution in [0.15, 0.2) is 42.6 Å². The highest BCUT2D eigenvalue weighted by atomic mass is 19.1. The molecule has 1 aromatic heterocycles. The number of morpholine rings is 1. The molecule has 2 aromatic rings. The number of rotatable bonds is 6. The summed E-state index contributed by atoms with van der Waals surface area (Å²) in [4.78, 5) is 17.7. The number of carbonyl (C=O) groups is 1. The van der Waals surface area contributed by atoms with Crippen molar-refractivity contribution in [1.29, 1.82) is 0 Å². The molecule has 1 amide bonds. The van der Waals surface area contributed by atoms with Gasteiger partial charge in [0.25, 0.3) is 0 Å². The predicted molar refractivity (Wildman–Crippen MR) is 89.2 cm³/mol. The van der Waals surface area contributed by atoms with Crippen molar-refractivity contribution in [2.45, 2.75) is 19.2 Å². The second-order valence-electron chi connectivity index (χ2n) is 5.85. The average Bonchev–Trinajstić information content (AvgIpc) is 2.62. The van der Waals surface area contributed by atoms with Crippen LogP contribution in [0.3, 0.4) is 0 Å². The number of carbonyl (C=O) groups excluding carboxylic acids is 1. The van der Waals surface area contributed by atoms with E-state index >= 15 is 0 Å². The fourth-order valence-corrected chi connectivity index (χ4v) is 2.68. The topological polar surface area (TPSA) is 77.7 Å². The zero-order valence-corrected chi connectivity index (χ0v) is 13.7. The number of pyridine rings is 1. The number of hydrogen-bond acceptors (Lipinski definition) is 5. The first kappa shape index (κ1) is 17.3. The highest BCUT2D eigenvalue weighted by molar-refractivity contribution is 5.80. The Hall–Kier alpha value is -2.51. The molecule has 132 valence electrons. The molecule has 1 saturated heterocycles. The number of amides is 1. The zero-order chi connectivity index (χ0) is 17.6. The second-order valence-corrected chi connectivity index (χ2v) is 5.85. The van der Waals surface area contributed by atoms with E-state index in [2.05, 4.69) is 4.98 Å². The summed E-state index contributed by atoms with van der Waals surface area (Å²) in [7, 11) is 0. The number of primary amides is 1. The summed E-state index contributed by atoms with van der Waals surface area (Å²) in [5, 5.41) is 0. The fraction of sp³-hybridized carbons (Fsp3) is 0.333. The van der Waals surface area contributed by atoms with Crippen LogP contribution in [0, 0.1) is 5.82 Å². The lowest BCUT2D eigenvalue weighted by molar-refractivity contribution is -0.129. The normalized spacial score (nSPS) is 18.0. The zero-order valence-electron chi connectivity index (χ0n) is 13.7. The standard InChI is InChI=1S/C18H20FN3O3/c19-15-4-2-1-3-14(15)11-25-17-6-5-13(9-21-17)10-22-7-8-24-12-16(22)18(20)23/h1-6,9,16H,7-8,10-12H2,(H2,20,23)/t16-/m0/s1. The van der Waals surface area contributed by atoms with Crippen molar-refractivity contribution in [3.63, 3.8) is 0 Å². The molecule has 2 heterocycles. The molecule has 6 nitrogen and oxygen atoms in total. The first-order valence-electron chi connectivity index (χ1n) is 8.06. The molecule has 1 atom stereocenters. The number of nitrogens with zero attached hydrogens (tertiary/aromatic N) is 2. The van der Waals surface area contributed by atoms with Gasteiger partial charge in [-0.15, -0.1) is 0 Å². The van der Waals surface area contributed by atoms with Gasteiger partial charge in [-0.3, -0.25) is 9.69 Å². The van der Waals surface area contributed by atoms with E-state index in [9.17, 15) is 9.18 Å². The van der Waals surface area contributed by atoms with E-state index in [0.717, 1.165) is 5.56 Å². The Morgan fingerprint density at radius 2 is 2.20 bits per heavy atom. The summed E-state index contributed by atoms with van der Waals surface area (Å²) < 4.78 is 24.4. The van der Waals surface area contributed by atoms with Gasteiger partial charge in [0.1, 0.15) is 18.5 Å². The molecule has 1 aliphatic rings. The van der Waals surface area contributed by atoms with Gasteiger partial charge >= 0.3 is 0 Å². The number of ether oxygens (including phenoxy) is 2. The SMILES string of the molecule is NC(=O)[C@@H]1COCCN1Cc1ccc(OCc2ccccc2F)nc1. The van der Waals surface area contributed by atoms with Gasteiger partial charge in [0.15, 0.2) is 0 Å². The lowest BCUT2D eigenvalue weighted by Crippen LogP contribution is -2.51. The second kappa shape index (κ2) is 8.04. The average molecular weight is 345 g/mol. The lowest BCUT2D eigenvalue weighted by atomic mass is 10.2. The first-order chi connectivity index (χ1) is 12.1. The molecule has 0 saturated carbocycles. The number of halogens is 1. The van der Waals surface area contributed by atoms with Gasteiger partial charge in [0.2, 0.25) is 11.8 Å². The largest absolute Gasteiger partial charge is 0.473 e. The monoisotopic (exact) mass is 345 g/mol. The van der Waals surface area contributed by atoms with Crippen molar-refractivity contribution < 1.29 is 18.7 Å². The minimum atomic E-state index is -0.425. The van der Waals surface area contributed by atoms with Crippen LogP contribution >= 0.6 is 0 Å². The molecule has 25 heavy (non-hydrogen) atoms. The van der Waals surface area contributed by atoms with E-state index in [1.807, 2.05) is 11.0 Å². The van der Waals surface area contributed by atoms with Crippen LogP contribution in [0.4, 0.5) is 4.39 Å². The van der Waals surface area contributed by atoms with Gasteiger partial charge in [0, 0.05) is 30.9 Å². The molecular weight excluding hydrogens is 325 g/mol. The Kier molecular flexibility index (Phi) is 5.57. The van der Waals surface area contributed by atoms with E-state index in [0.29, 0.717) is 37.7 Å². The van der Waals surface area contributed by atoms with Crippen molar-refractivity contribution in [3.8, 4) is 5.88 Å². The summed E-state index contributed by atoms with van der Waals surface area (Å²) in [5.41, 5.74) is 6.83. The van der Waals surface area contributed by atoms with Crippen LogP contribution in [0.1, 0.15) is 11.1 Å². The summed E-state index contributed by atoms with van der Waals surface area (Å²) in [6, 6.07) is 9.64. The summed E-state index contributed by atoms with van der Waals surface area (Å²) in [6.07, 6.45) is 1.68. The Labute approximate surface area is 145 Å². The molecule has 0 radical (unpaired) electrons. The van der Waals surface area contributed by atoms with E-state index in [-0.39, 0.29) is 12.4 Å². The van der Waals surface area contributed by atoms with Gasteiger partial charge in [-0.25, -0.2) is 9.37 Å². The molecule has 1 aromatic carbocycles. The quantitative estimate of drug-likeness (QED) is 0.858. The summed E-state index contributed by atoms with van der Waals surface area (Å²) in [6.45, 7) is 2.19. The minimum absolute atomic E-state index is 0.117. The Bertz CT molecular complexity index is 724. The molecule has 0 spiro atoms. The highest BCUT2D eigenvalue weighted by Crippen LogP contribution is 2.15. The molecular formula is C18H20FN3O3. The van der Waals surface area contributed by atoms with Crippen LogP contribution in [-0.2, 0) is 22.7 Å². The molecule has 2 N–H and O–H groups in total. The third kappa shape index (κ3) is 4.52.